The van der Waals surface area contributed by atoms with Crippen molar-refractivity contribution >= 4 is 17.5 Å². The SMILES string of the molecule is C=N[C@H](CF)[C@H](OC)c1ccc(S(=O)CC)cc1. The van der Waals surface area contributed by atoms with E-state index in [9.17, 15) is 8.60 Å². The van der Waals surface area contributed by atoms with Gasteiger partial charge in [-0.15, -0.1) is 0 Å². The van der Waals surface area contributed by atoms with Gasteiger partial charge in [-0.2, -0.15) is 0 Å². The predicted octanol–water partition coefficient (Wildman–Crippen LogP) is 2.54. The molecule has 0 aliphatic rings. The molecule has 0 spiro atoms. The summed E-state index contributed by atoms with van der Waals surface area (Å²) >= 11 is 0. The summed E-state index contributed by atoms with van der Waals surface area (Å²) in [5.74, 6) is 0.578. The molecule has 0 saturated heterocycles. The highest BCUT2D eigenvalue weighted by atomic mass is 32.2. The number of methoxy groups -OCH3 is 1. The summed E-state index contributed by atoms with van der Waals surface area (Å²) in [5.41, 5.74) is 0.810. The van der Waals surface area contributed by atoms with Gasteiger partial charge in [0, 0.05) is 17.8 Å². The molecule has 0 aromatic heterocycles. The Bertz CT molecular complexity index is 408. The molecule has 0 saturated carbocycles. The van der Waals surface area contributed by atoms with Crippen LogP contribution in [0.5, 0.6) is 0 Å². The molecule has 0 aliphatic carbocycles. The van der Waals surface area contributed by atoms with Crippen molar-refractivity contribution in [1.29, 1.82) is 0 Å². The summed E-state index contributed by atoms with van der Waals surface area (Å²) in [7, 11) is 0.532. The number of halogens is 1. The van der Waals surface area contributed by atoms with Crippen LogP contribution >= 0.6 is 0 Å². The molecule has 100 valence electrons. The minimum absolute atomic E-state index is 0.461. The standard InChI is InChI=1S/C13H18FNO2S/c1-4-18(16)11-7-5-10(6-8-11)13(17-3)12(9-14)15-2/h5-8,12-13H,2,4,9H2,1,3H3/t12-,13-,18?/m1/s1. The van der Waals surface area contributed by atoms with E-state index in [0.717, 1.165) is 10.5 Å². The minimum Gasteiger partial charge on any atom is -0.374 e. The molecule has 3 nitrogen and oxygen atoms in total. The number of benzene rings is 1. The molecular formula is C13H18FNO2S. The Labute approximate surface area is 110 Å². The Morgan fingerprint density at radius 1 is 1.44 bits per heavy atom. The van der Waals surface area contributed by atoms with Crippen molar-refractivity contribution in [2.75, 3.05) is 19.5 Å². The number of rotatable bonds is 7. The Hall–Kier alpha value is -1.07. The van der Waals surface area contributed by atoms with E-state index in [1.807, 2.05) is 6.92 Å². The quantitative estimate of drug-likeness (QED) is 0.715. The van der Waals surface area contributed by atoms with E-state index >= 15 is 0 Å². The molecule has 1 rings (SSSR count). The highest BCUT2D eigenvalue weighted by molar-refractivity contribution is 7.85. The van der Waals surface area contributed by atoms with Crippen molar-refractivity contribution in [2.45, 2.75) is 24.0 Å². The van der Waals surface area contributed by atoms with Crippen molar-refractivity contribution in [2.24, 2.45) is 4.99 Å². The second kappa shape index (κ2) is 7.38. The Morgan fingerprint density at radius 3 is 2.44 bits per heavy atom. The van der Waals surface area contributed by atoms with E-state index in [1.165, 1.54) is 7.11 Å². The van der Waals surface area contributed by atoms with Crippen LogP contribution in [-0.4, -0.2) is 36.5 Å². The fourth-order valence-electron chi connectivity index (χ4n) is 1.72. The first-order valence-corrected chi connectivity index (χ1v) is 7.02. The third-order valence-electron chi connectivity index (χ3n) is 2.73. The fourth-order valence-corrected chi connectivity index (χ4v) is 2.49. The molecule has 0 N–H and O–H groups in total. The van der Waals surface area contributed by atoms with Gasteiger partial charge in [-0.1, -0.05) is 19.1 Å². The predicted molar refractivity (Wildman–Crippen MR) is 72.5 cm³/mol. The smallest absolute Gasteiger partial charge is 0.115 e. The number of hydrogen-bond acceptors (Lipinski definition) is 3. The normalized spacial score (nSPS) is 15.9. The molecular weight excluding hydrogens is 253 g/mol. The van der Waals surface area contributed by atoms with Gasteiger partial charge in [0.15, 0.2) is 0 Å². The maximum Gasteiger partial charge on any atom is 0.115 e. The molecule has 0 radical (unpaired) electrons. The zero-order chi connectivity index (χ0) is 13.5. The van der Waals surface area contributed by atoms with Crippen LogP contribution in [0.2, 0.25) is 0 Å². The van der Waals surface area contributed by atoms with Gasteiger partial charge in [0.1, 0.15) is 18.8 Å². The summed E-state index contributed by atoms with van der Waals surface area (Å²) in [6.07, 6.45) is -0.461. The van der Waals surface area contributed by atoms with Crippen LogP contribution in [0.4, 0.5) is 4.39 Å². The molecule has 18 heavy (non-hydrogen) atoms. The number of alkyl halides is 1. The van der Waals surface area contributed by atoms with Gasteiger partial charge < -0.3 is 4.74 Å². The van der Waals surface area contributed by atoms with E-state index < -0.39 is 29.6 Å². The van der Waals surface area contributed by atoms with Crippen LogP contribution in [0.15, 0.2) is 34.2 Å². The highest BCUT2D eigenvalue weighted by Crippen LogP contribution is 2.24. The first-order chi connectivity index (χ1) is 8.67. The maximum absolute atomic E-state index is 12.8. The van der Waals surface area contributed by atoms with Crippen LogP contribution in [-0.2, 0) is 15.5 Å². The van der Waals surface area contributed by atoms with Crippen LogP contribution in [0.3, 0.4) is 0 Å². The van der Waals surface area contributed by atoms with Gasteiger partial charge in [0.2, 0.25) is 0 Å². The summed E-state index contributed by atoms with van der Waals surface area (Å²) in [6.45, 7) is 4.61. The zero-order valence-corrected chi connectivity index (χ0v) is 11.5. The first-order valence-electron chi connectivity index (χ1n) is 5.70. The summed E-state index contributed by atoms with van der Waals surface area (Å²) in [4.78, 5) is 4.48. The Kier molecular flexibility index (Phi) is 6.15. The minimum atomic E-state index is -0.979. The van der Waals surface area contributed by atoms with Crippen LogP contribution in [0.1, 0.15) is 18.6 Å². The van der Waals surface area contributed by atoms with E-state index in [1.54, 1.807) is 24.3 Å². The van der Waals surface area contributed by atoms with Crippen LogP contribution < -0.4 is 0 Å². The van der Waals surface area contributed by atoms with Crippen molar-refractivity contribution in [3.8, 4) is 0 Å². The molecule has 5 heteroatoms. The zero-order valence-electron chi connectivity index (χ0n) is 10.6. The van der Waals surface area contributed by atoms with Gasteiger partial charge in [0.05, 0.1) is 10.8 Å². The average molecular weight is 271 g/mol. The molecule has 0 fully saturated rings. The van der Waals surface area contributed by atoms with Crippen molar-refractivity contribution in [1.82, 2.24) is 0 Å². The van der Waals surface area contributed by atoms with Crippen molar-refractivity contribution in [3.05, 3.63) is 29.8 Å². The molecule has 1 aromatic rings. The van der Waals surface area contributed by atoms with Gasteiger partial charge in [-0.05, 0) is 24.4 Å². The summed E-state index contributed by atoms with van der Waals surface area (Å²) < 4.78 is 29.6. The fraction of sp³-hybridized carbons (Fsp3) is 0.462. The average Bonchev–Trinajstić information content (AvgIpc) is 2.44. The number of ether oxygens (including phenoxy) is 1. The molecule has 3 atom stereocenters. The van der Waals surface area contributed by atoms with Crippen LogP contribution in [0.25, 0.3) is 0 Å². The van der Waals surface area contributed by atoms with E-state index in [-0.39, 0.29) is 0 Å². The largest absolute Gasteiger partial charge is 0.374 e. The van der Waals surface area contributed by atoms with E-state index in [4.69, 9.17) is 4.74 Å². The summed E-state index contributed by atoms with van der Waals surface area (Å²) in [6, 6.07) is 6.53. The maximum atomic E-state index is 12.8. The van der Waals surface area contributed by atoms with E-state index in [2.05, 4.69) is 11.7 Å². The number of nitrogens with zero attached hydrogens (tertiary/aromatic N) is 1. The molecule has 0 aliphatic heterocycles. The molecule has 0 heterocycles. The lowest BCUT2D eigenvalue weighted by Gasteiger charge is -2.20. The molecule has 0 amide bonds. The molecule has 1 unspecified atom stereocenters. The van der Waals surface area contributed by atoms with Gasteiger partial charge >= 0.3 is 0 Å². The second-order valence-electron chi connectivity index (χ2n) is 3.76. The number of hydrogen-bond donors (Lipinski definition) is 0. The Balaban J connectivity index is 2.94. The summed E-state index contributed by atoms with van der Waals surface area (Å²) in [5, 5.41) is 0. The lowest BCUT2D eigenvalue weighted by atomic mass is 10.0. The van der Waals surface area contributed by atoms with Gasteiger partial charge in [-0.25, -0.2) is 4.39 Å². The number of aliphatic imine (C=N–C) groups is 1. The highest BCUT2D eigenvalue weighted by Gasteiger charge is 2.21. The lowest BCUT2D eigenvalue weighted by Crippen LogP contribution is -2.20. The van der Waals surface area contributed by atoms with Crippen molar-refractivity contribution in [3.63, 3.8) is 0 Å². The Morgan fingerprint density at radius 2 is 2.06 bits per heavy atom. The monoisotopic (exact) mass is 271 g/mol. The van der Waals surface area contributed by atoms with Gasteiger partial charge in [0.25, 0.3) is 0 Å². The van der Waals surface area contributed by atoms with Gasteiger partial charge in [-0.3, -0.25) is 9.20 Å². The lowest BCUT2D eigenvalue weighted by molar-refractivity contribution is 0.0731. The third-order valence-corrected chi connectivity index (χ3v) is 4.05. The first kappa shape index (κ1) is 15.0. The molecule has 1 aromatic carbocycles. The van der Waals surface area contributed by atoms with Crippen LogP contribution in [0, 0.1) is 0 Å². The van der Waals surface area contributed by atoms with Crippen molar-refractivity contribution < 1.29 is 13.3 Å². The second-order valence-corrected chi connectivity index (χ2v) is 5.50. The topological polar surface area (TPSA) is 38.7 Å². The van der Waals surface area contributed by atoms with E-state index in [0.29, 0.717) is 5.75 Å². The third kappa shape index (κ3) is 3.46. The molecule has 0 bridgehead atoms.